The highest BCUT2D eigenvalue weighted by atomic mass is 16.3. The van der Waals surface area contributed by atoms with Crippen molar-refractivity contribution in [3.63, 3.8) is 0 Å². The average molecular weight is 284 g/mol. The normalized spacial score (nSPS) is 11.8. The summed E-state index contributed by atoms with van der Waals surface area (Å²) < 4.78 is 2.20. The lowest BCUT2D eigenvalue weighted by Gasteiger charge is -2.09. The molecule has 0 saturated heterocycles. The molecule has 0 spiro atoms. The van der Waals surface area contributed by atoms with Crippen molar-refractivity contribution in [1.29, 1.82) is 0 Å². The molecule has 0 saturated carbocycles. The van der Waals surface area contributed by atoms with Crippen molar-refractivity contribution in [1.82, 2.24) is 9.38 Å². The monoisotopic (exact) mass is 284 g/mol. The van der Waals surface area contributed by atoms with Crippen molar-refractivity contribution in [2.75, 3.05) is 0 Å². The van der Waals surface area contributed by atoms with E-state index in [9.17, 15) is 5.11 Å². The summed E-state index contributed by atoms with van der Waals surface area (Å²) in [6, 6.07) is 21.9. The maximum absolute atomic E-state index is 9.87. The zero-order valence-electron chi connectivity index (χ0n) is 11.7. The van der Waals surface area contributed by atoms with Crippen LogP contribution in [0, 0.1) is 0 Å². The maximum Gasteiger partial charge on any atom is 0.146 e. The Morgan fingerprint density at radius 1 is 0.727 bits per heavy atom. The fraction of sp³-hybridized carbons (Fsp3) is 0. The second-order valence-electron chi connectivity index (χ2n) is 5.51. The van der Waals surface area contributed by atoms with Crippen LogP contribution in [-0.2, 0) is 0 Å². The third kappa shape index (κ3) is 1.37. The molecule has 3 aromatic carbocycles. The number of hydrogen-bond donors (Lipinski definition) is 1. The van der Waals surface area contributed by atoms with Gasteiger partial charge < -0.3 is 5.11 Å². The Balaban J connectivity index is 2.22. The molecule has 104 valence electrons. The minimum atomic E-state index is 0.276. The molecule has 5 aromatic rings. The summed E-state index contributed by atoms with van der Waals surface area (Å²) in [6.07, 6.45) is 0. The van der Waals surface area contributed by atoms with Gasteiger partial charge in [0.1, 0.15) is 11.4 Å². The van der Waals surface area contributed by atoms with Crippen LogP contribution >= 0.6 is 0 Å². The number of para-hydroxylation sites is 3. The zero-order valence-corrected chi connectivity index (χ0v) is 11.7. The van der Waals surface area contributed by atoms with Gasteiger partial charge in [0.15, 0.2) is 0 Å². The summed E-state index contributed by atoms with van der Waals surface area (Å²) in [5.41, 5.74) is 4.11. The first-order valence-corrected chi connectivity index (χ1v) is 7.23. The Labute approximate surface area is 126 Å². The van der Waals surface area contributed by atoms with Crippen LogP contribution < -0.4 is 0 Å². The SMILES string of the molecule is Oc1ccc2c(c1)c1ccccc1n1c3ccccc3nc21. The molecule has 0 aliphatic heterocycles. The fourth-order valence-electron chi connectivity index (χ4n) is 3.30. The van der Waals surface area contributed by atoms with E-state index < -0.39 is 0 Å². The molecule has 2 heterocycles. The number of pyridine rings is 1. The number of aromatic nitrogens is 2. The van der Waals surface area contributed by atoms with E-state index in [1.54, 1.807) is 6.07 Å². The van der Waals surface area contributed by atoms with Crippen molar-refractivity contribution in [2.24, 2.45) is 0 Å². The van der Waals surface area contributed by atoms with E-state index in [-0.39, 0.29) is 5.75 Å². The van der Waals surface area contributed by atoms with E-state index >= 15 is 0 Å². The first-order chi connectivity index (χ1) is 10.8. The Bertz CT molecular complexity index is 1190. The van der Waals surface area contributed by atoms with Crippen LogP contribution in [0.1, 0.15) is 0 Å². The summed E-state index contributed by atoms with van der Waals surface area (Å²) in [6.45, 7) is 0. The number of fused-ring (bicyclic) bond motifs is 8. The smallest absolute Gasteiger partial charge is 0.146 e. The lowest BCUT2D eigenvalue weighted by atomic mass is 10.1. The van der Waals surface area contributed by atoms with Crippen LogP contribution in [0.25, 0.3) is 38.4 Å². The van der Waals surface area contributed by atoms with E-state index in [1.165, 1.54) is 0 Å². The van der Waals surface area contributed by atoms with Gasteiger partial charge in [-0.3, -0.25) is 4.40 Å². The van der Waals surface area contributed by atoms with Gasteiger partial charge in [-0.15, -0.1) is 0 Å². The summed E-state index contributed by atoms with van der Waals surface area (Å²) in [5.74, 6) is 0.276. The summed E-state index contributed by atoms with van der Waals surface area (Å²) in [5, 5.41) is 13.1. The molecular formula is C19H12N2O. The number of benzene rings is 3. The first kappa shape index (κ1) is 11.6. The van der Waals surface area contributed by atoms with Gasteiger partial charge >= 0.3 is 0 Å². The Morgan fingerprint density at radius 2 is 1.50 bits per heavy atom. The molecule has 0 fully saturated rings. The van der Waals surface area contributed by atoms with Crippen LogP contribution in [-0.4, -0.2) is 14.5 Å². The lowest BCUT2D eigenvalue weighted by molar-refractivity contribution is 0.476. The molecule has 0 unspecified atom stereocenters. The fourth-order valence-corrected chi connectivity index (χ4v) is 3.30. The second kappa shape index (κ2) is 3.98. The third-order valence-corrected chi connectivity index (χ3v) is 4.24. The molecule has 0 radical (unpaired) electrons. The van der Waals surface area contributed by atoms with Gasteiger partial charge in [0.2, 0.25) is 0 Å². The molecule has 0 atom stereocenters. The van der Waals surface area contributed by atoms with E-state index in [1.807, 2.05) is 42.5 Å². The standard InChI is InChI=1S/C19H12N2O/c22-12-9-10-14-15(11-12)13-5-1-3-7-17(13)21-18-8-4-2-6-16(18)20-19(14)21/h1-11,22H. The predicted octanol–water partition coefficient (Wildman–Crippen LogP) is 4.50. The van der Waals surface area contributed by atoms with E-state index in [0.717, 1.165) is 38.4 Å². The average Bonchev–Trinajstić information content (AvgIpc) is 2.94. The number of imidazole rings is 1. The topological polar surface area (TPSA) is 37.5 Å². The number of nitrogens with zero attached hydrogens (tertiary/aromatic N) is 2. The summed E-state index contributed by atoms with van der Waals surface area (Å²) in [7, 11) is 0. The quantitative estimate of drug-likeness (QED) is 0.425. The lowest BCUT2D eigenvalue weighted by Crippen LogP contribution is -1.91. The minimum absolute atomic E-state index is 0.276. The third-order valence-electron chi connectivity index (χ3n) is 4.24. The van der Waals surface area contributed by atoms with E-state index in [4.69, 9.17) is 4.98 Å². The van der Waals surface area contributed by atoms with Gasteiger partial charge in [0, 0.05) is 10.8 Å². The Kier molecular flexibility index (Phi) is 2.09. The van der Waals surface area contributed by atoms with E-state index in [0.29, 0.717) is 0 Å². The van der Waals surface area contributed by atoms with Gasteiger partial charge in [-0.1, -0.05) is 30.3 Å². The molecule has 22 heavy (non-hydrogen) atoms. The number of rotatable bonds is 0. The van der Waals surface area contributed by atoms with Crippen LogP contribution in [0.4, 0.5) is 0 Å². The van der Waals surface area contributed by atoms with Gasteiger partial charge in [-0.05, 0) is 41.8 Å². The highest BCUT2D eigenvalue weighted by Gasteiger charge is 2.13. The summed E-state index contributed by atoms with van der Waals surface area (Å²) in [4.78, 5) is 4.80. The minimum Gasteiger partial charge on any atom is -0.508 e. The molecule has 3 nitrogen and oxygen atoms in total. The molecule has 0 amide bonds. The highest BCUT2D eigenvalue weighted by molar-refractivity contribution is 6.14. The van der Waals surface area contributed by atoms with Crippen LogP contribution in [0.2, 0.25) is 0 Å². The van der Waals surface area contributed by atoms with Crippen LogP contribution in [0.15, 0.2) is 66.7 Å². The highest BCUT2D eigenvalue weighted by Crippen LogP contribution is 2.33. The molecule has 1 N–H and O–H groups in total. The zero-order chi connectivity index (χ0) is 14.7. The van der Waals surface area contributed by atoms with Crippen LogP contribution in [0.5, 0.6) is 5.75 Å². The summed E-state index contributed by atoms with van der Waals surface area (Å²) >= 11 is 0. The molecule has 0 bridgehead atoms. The number of aromatic hydroxyl groups is 1. The molecule has 0 aliphatic carbocycles. The van der Waals surface area contributed by atoms with Crippen molar-refractivity contribution in [3.05, 3.63) is 66.7 Å². The van der Waals surface area contributed by atoms with E-state index in [2.05, 4.69) is 22.6 Å². The number of phenols is 1. The molecule has 2 aromatic heterocycles. The Morgan fingerprint density at radius 3 is 2.41 bits per heavy atom. The maximum atomic E-state index is 9.87. The second-order valence-corrected chi connectivity index (χ2v) is 5.51. The first-order valence-electron chi connectivity index (χ1n) is 7.23. The van der Waals surface area contributed by atoms with Crippen molar-refractivity contribution < 1.29 is 5.11 Å². The predicted molar refractivity (Wildman–Crippen MR) is 89.4 cm³/mol. The van der Waals surface area contributed by atoms with Gasteiger partial charge in [0.05, 0.1) is 16.6 Å². The molecule has 3 heteroatoms. The Hall–Kier alpha value is -3.07. The van der Waals surface area contributed by atoms with Crippen molar-refractivity contribution in [3.8, 4) is 5.75 Å². The largest absolute Gasteiger partial charge is 0.508 e. The molecule has 0 aliphatic rings. The van der Waals surface area contributed by atoms with Crippen LogP contribution in [0.3, 0.4) is 0 Å². The van der Waals surface area contributed by atoms with Gasteiger partial charge in [-0.2, -0.15) is 0 Å². The van der Waals surface area contributed by atoms with Crippen molar-refractivity contribution >= 4 is 38.4 Å². The molecular weight excluding hydrogens is 272 g/mol. The van der Waals surface area contributed by atoms with Crippen molar-refractivity contribution in [2.45, 2.75) is 0 Å². The van der Waals surface area contributed by atoms with Gasteiger partial charge in [0.25, 0.3) is 0 Å². The number of hydrogen-bond acceptors (Lipinski definition) is 2. The van der Waals surface area contributed by atoms with Gasteiger partial charge in [-0.25, -0.2) is 4.98 Å². The number of phenolic OH excluding ortho intramolecular Hbond substituents is 1. The molecule has 5 rings (SSSR count).